The van der Waals surface area contributed by atoms with Crippen molar-refractivity contribution in [3.8, 4) is 0 Å². The van der Waals surface area contributed by atoms with Gasteiger partial charge in [0.1, 0.15) is 12.1 Å². The molecule has 2 aromatic rings. The minimum absolute atomic E-state index is 0.511. The molecule has 1 aliphatic carbocycles. The van der Waals surface area contributed by atoms with E-state index in [1.54, 1.807) is 6.33 Å². The first-order valence-corrected chi connectivity index (χ1v) is 8.79. The monoisotopic (exact) mass is 324 g/mol. The standard InChI is InChI=1S/C18H24N6/c1-13-11-16(22-12-21-13)23(2)15-5-9-24(10-6-15)18-17(14-3-4-14)19-7-8-20-18/h7-8,11-12,14-15H,3-6,9-10H2,1-2H3. The van der Waals surface area contributed by atoms with Crippen molar-refractivity contribution in [1.82, 2.24) is 19.9 Å². The van der Waals surface area contributed by atoms with Gasteiger partial charge in [0.25, 0.3) is 0 Å². The number of hydrogen-bond donors (Lipinski definition) is 0. The van der Waals surface area contributed by atoms with Gasteiger partial charge in [0.2, 0.25) is 0 Å². The summed E-state index contributed by atoms with van der Waals surface area (Å²) in [6, 6.07) is 2.57. The first kappa shape index (κ1) is 15.3. The van der Waals surface area contributed by atoms with Crippen LogP contribution in [0.3, 0.4) is 0 Å². The van der Waals surface area contributed by atoms with Crippen LogP contribution in [0.4, 0.5) is 11.6 Å². The van der Waals surface area contributed by atoms with Gasteiger partial charge in [-0.15, -0.1) is 0 Å². The largest absolute Gasteiger partial charge is 0.356 e. The summed E-state index contributed by atoms with van der Waals surface area (Å²) in [7, 11) is 2.14. The Morgan fingerprint density at radius 3 is 2.46 bits per heavy atom. The van der Waals surface area contributed by atoms with Crippen LogP contribution in [0.15, 0.2) is 24.8 Å². The van der Waals surface area contributed by atoms with E-state index < -0.39 is 0 Å². The molecule has 2 aliphatic rings. The Morgan fingerprint density at radius 1 is 1.00 bits per heavy atom. The van der Waals surface area contributed by atoms with Crippen LogP contribution in [0, 0.1) is 6.92 Å². The molecule has 2 fully saturated rings. The lowest BCUT2D eigenvalue weighted by Crippen LogP contribution is -2.44. The first-order valence-electron chi connectivity index (χ1n) is 8.79. The number of nitrogens with zero attached hydrogens (tertiary/aromatic N) is 6. The molecule has 24 heavy (non-hydrogen) atoms. The molecule has 4 rings (SSSR count). The molecule has 2 aromatic heterocycles. The Balaban J connectivity index is 1.43. The maximum absolute atomic E-state index is 4.63. The van der Waals surface area contributed by atoms with Crippen molar-refractivity contribution >= 4 is 11.6 Å². The predicted octanol–water partition coefficient (Wildman–Crippen LogP) is 2.56. The summed E-state index contributed by atoms with van der Waals surface area (Å²) >= 11 is 0. The van der Waals surface area contributed by atoms with Gasteiger partial charge >= 0.3 is 0 Å². The Kier molecular flexibility index (Phi) is 4.04. The van der Waals surface area contributed by atoms with E-state index in [2.05, 4.69) is 42.8 Å². The van der Waals surface area contributed by atoms with Crippen LogP contribution in [0.25, 0.3) is 0 Å². The second kappa shape index (κ2) is 6.34. The molecular formula is C18H24N6. The molecule has 126 valence electrons. The van der Waals surface area contributed by atoms with Gasteiger partial charge in [-0.25, -0.2) is 15.0 Å². The highest BCUT2D eigenvalue weighted by atomic mass is 15.2. The van der Waals surface area contributed by atoms with E-state index in [-0.39, 0.29) is 0 Å². The second-order valence-corrected chi connectivity index (χ2v) is 6.89. The van der Waals surface area contributed by atoms with Gasteiger partial charge in [0, 0.05) is 56.3 Å². The normalized spacial score (nSPS) is 18.7. The fourth-order valence-electron chi connectivity index (χ4n) is 3.52. The van der Waals surface area contributed by atoms with Crippen LogP contribution >= 0.6 is 0 Å². The van der Waals surface area contributed by atoms with Crippen LogP contribution in [-0.4, -0.2) is 46.1 Å². The highest BCUT2D eigenvalue weighted by Gasteiger charge is 2.32. The summed E-state index contributed by atoms with van der Waals surface area (Å²) < 4.78 is 0. The number of piperidine rings is 1. The Hall–Kier alpha value is -2.24. The minimum Gasteiger partial charge on any atom is -0.356 e. The van der Waals surface area contributed by atoms with Gasteiger partial charge in [0.15, 0.2) is 5.82 Å². The summed E-state index contributed by atoms with van der Waals surface area (Å²) in [5, 5.41) is 0. The van der Waals surface area contributed by atoms with Crippen LogP contribution in [0.1, 0.15) is 43.0 Å². The van der Waals surface area contributed by atoms with Crippen molar-refractivity contribution in [1.29, 1.82) is 0 Å². The molecule has 1 aliphatic heterocycles. The van der Waals surface area contributed by atoms with E-state index in [9.17, 15) is 0 Å². The van der Waals surface area contributed by atoms with Crippen LogP contribution in [0.2, 0.25) is 0 Å². The summed E-state index contributed by atoms with van der Waals surface area (Å²) in [5.74, 6) is 2.76. The molecule has 1 saturated heterocycles. The van der Waals surface area contributed by atoms with Crippen LogP contribution in [0.5, 0.6) is 0 Å². The highest BCUT2D eigenvalue weighted by molar-refractivity contribution is 5.47. The molecule has 0 atom stereocenters. The van der Waals surface area contributed by atoms with Crippen molar-refractivity contribution in [2.45, 2.75) is 44.6 Å². The van der Waals surface area contributed by atoms with E-state index in [1.165, 1.54) is 18.5 Å². The number of rotatable bonds is 4. The molecule has 0 radical (unpaired) electrons. The molecule has 0 spiro atoms. The topological polar surface area (TPSA) is 58.0 Å². The lowest BCUT2D eigenvalue weighted by Gasteiger charge is -2.38. The van der Waals surface area contributed by atoms with Crippen molar-refractivity contribution in [3.05, 3.63) is 36.2 Å². The third kappa shape index (κ3) is 3.05. The molecule has 1 saturated carbocycles. The third-order valence-corrected chi connectivity index (χ3v) is 5.13. The van der Waals surface area contributed by atoms with Crippen molar-refractivity contribution < 1.29 is 0 Å². The van der Waals surface area contributed by atoms with E-state index >= 15 is 0 Å². The zero-order valence-electron chi connectivity index (χ0n) is 14.4. The second-order valence-electron chi connectivity index (χ2n) is 6.89. The first-order chi connectivity index (χ1) is 11.7. The van der Waals surface area contributed by atoms with Gasteiger partial charge in [-0.3, -0.25) is 4.98 Å². The summed E-state index contributed by atoms with van der Waals surface area (Å²) in [4.78, 5) is 22.5. The average Bonchev–Trinajstić information content (AvgIpc) is 3.46. The summed E-state index contributed by atoms with van der Waals surface area (Å²) in [5.41, 5.74) is 2.22. The number of hydrogen-bond acceptors (Lipinski definition) is 6. The lowest BCUT2D eigenvalue weighted by atomic mass is 10.0. The lowest BCUT2D eigenvalue weighted by molar-refractivity contribution is 0.476. The molecule has 0 aromatic carbocycles. The molecule has 0 amide bonds. The number of aryl methyl sites for hydroxylation is 1. The van der Waals surface area contributed by atoms with Crippen molar-refractivity contribution in [2.75, 3.05) is 29.9 Å². The fourth-order valence-corrected chi connectivity index (χ4v) is 3.52. The number of aromatic nitrogens is 4. The molecule has 0 N–H and O–H groups in total. The van der Waals surface area contributed by atoms with Crippen LogP contribution in [-0.2, 0) is 0 Å². The molecule has 0 bridgehead atoms. The Morgan fingerprint density at radius 2 is 1.75 bits per heavy atom. The van der Waals surface area contributed by atoms with E-state index in [1.807, 2.05) is 19.3 Å². The smallest absolute Gasteiger partial charge is 0.150 e. The molecule has 3 heterocycles. The van der Waals surface area contributed by atoms with Crippen molar-refractivity contribution in [3.63, 3.8) is 0 Å². The third-order valence-electron chi connectivity index (χ3n) is 5.13. The zero-order chi connectivity index (χ0) is 16.5. The number of anilines is 2. The van der Waals surface area contributed by atoms with E-state index in [0.717, 1.165) is 43.3 Å². The minimum atomic E-state index is 0.511. The maximum Gasteiger partial charge on any atom is 0.150 e. The van der Waals surface area contributed by atoms with Crippen LogP contribution < -0.4 is 9.80 Å². The van der Waals surface area contributed by atoms with Gasteiger partial charge in [-0.2, -0.15) is 0 Å². The molecular weight excluding hydrogens is 300 g/mol. The Bertz CT molecular complexity index is 706. The van der Waals surface area contributed by atoms with Gasteiger partial charge in [0.05, 0.1) is 5.69 Å². The molecule has 6 nitrogen and oxygen atoms in total. The highest BCUT2D eigenvalue weighted by Crippen LogP contribution is 2.42. The van der Waals surface area contributed by atoms with E-state index in [4.69, 9.17) is 0 Å². The summed E-state index contributed by atoms with van der Waals surface area (Å²) in [6.07, 6.45) is 10.0. The Labute approximate surface area is 143 Å². The predicted molar refractivity (Wildman–Crippen MR) is 94.4 cm³/mol. The van der Waals surface area contributed by atoms with Gasteiger partial charge in [-0.1, -0.05) is 0 Å². The maximum atomic E-state index is 4.63. The van der Waals surface area contributed by atoms with Gasteiger partial charge in [-0.05, 0) is 32.6 Å². The summed E-state index contributed by atoms with van der Waals surface area (Å²) in [6.45, 7) is 4.06. The quantitative estimate of drug-likeness (QED) is 0.861. The average molecular weight is 324 g/mol. The zero-order valence-corrected chi connectivity index (χ0v) is 14.4. The molecule has 0 unspecified atom stereocenters. The molecule has 6 heteroatoms. The fraction of sp³-hybridized carbons (Fsp3) is 0.556. The van der Waals surface area contributed by atoms with Crippen molar-refractivity contribution in [2.24, 2.45) is 0 Å². The van der Waals surface area contributed by atoms with E-state index in [0.29, 0.717) is 12.0 Å². The van der Waals surface area contributed by atoms with Gasteiger partial charge < -0.3 is 9.80 Å². The SMILES string of the molecule is Cc1cc(N(C)C2CCN(c3nccnc3C3CC3)CC2)ncn1.